The molecule has 0 amide bonds. The molecule has 0 aliphatic carbocycles. The quantitative estimate of drug-likeness (QED) is 0.721. The molecule has 1 aliphatic heterocycles. The van der Waals surface area contributed by atoms with Gasteiger partial charge in [-0.25, -0.2) is 0 Å². The summed E-state index contributed by atoms with van der Waals surface area (Å²) in [7, 11) is -2.81. The van der Waals surface area contributed by atoms with E-state index in [0.717, 1.165) is 22.2 Å². The predicted octanol–water partition coefficient (Wildman–Crippen LogP) is 4.06. The summed E-state index contributed by atoms with van der Waals surface area (Å²) < 4.78 is 19.0. The second-order valence-electron chi connectivity index (χ2n) is 4.80. The topological polar surface area (TPSA) is 26.3 Å². The number of rotatable bonds is 1. The van der Waals surface area contributed by atoms with Crippen LogP contribution in [0.2, 0.25) is 0 Å². The Labute approximate surface area is 107 Å². The highest BCUT2D eigenvalue weighted by atomic mass is 31.2. The van der Waals surface area contributed by atoms with Crippen LogP contribution < -0.4 is 9.83 Å². The Hall–Kier alpha value is -1.53. The Bertz CT molecular complexity index is 646. The molecule has 0 N–H and O–H groups in total. The van der Waals surface area contributed by atoms with Gasteiger partial charge in [0.25, 0.3) is 7.37 Å². The third-order valence-electron chi connectivity index (χ3n) is 3.33. The van der Waals surface area contributed by atoms with Gasteiger partial charge in [0.15, 0.2) is 0 Å². The molecule has 0 bridgehead atoms. The van der Waals surface area contributed by atoms with E-state index < -0.39 is 7.37 Å². The van der Waals surface area contributed by atoms with E-state index in [1.807, 2.05) is 62.4 Å². The first-order valence-electron chi connectivity index (χ1n) is 6.11. The summed E-state index contributed by atoms with van der Waals surface area (Å²) in [4.78, 5) is 0. The second-order valence-corrected chi connectivity index (χ2v) is 7.69. The van der Waals surface area contributed by atoms with Gasteiger partial charge in [0, 0.05) is 11.2 Å². The molecule has 1 aliphatic rings. The summed E-state index contributed by atoms with van der Waals surface area (Å²) in [6.07, 6.45) is 0. The van der Waals surface area contributed by atoms with Crippen molar-refractivity contribution in [3.63, 3.8) is 0 Å². The Morgan fingerprint density at radius 2 is 1.56 bits per heavy atom. The minimum Gasteiger partial charge on any atom is -0.439 e. The van der Waals surface area contributed by atoms with Crippen LogP contribution >= 0.6 is 7.37 Å². The van der Waals surface area contributed by atoms with E-state index in [-0.39, 0.29) is 5.66 Å². The van der Waals surface area contributed by atoms with Crippen LogP contribution in [0.15, 0.2) is 48.5 Å². The molecule has 2 nitrogen and oxygen atoms in total. The zero-order valence-electron chi connectivity index (χ0n) is 10.5. The maximum Gasteiger partial charge on any atom is 0.280 e. The molecular weight excluding hydrogens is 243 g/mol. The molecule has 2 aromatic rings. The standard InChI is InChI=1S/C15H15O2P/c1-11(2)18(16)15-10-6-4-8-13(15)12-7-3-5-9-14(12)17-18/h3-11H,1-2H3/t18-/m0/s1. The molecule has 0 unspecified atom stereocenters. The first-order valence-corrected chi connectivity index (χ1v) is 7.80. The predicted molar refractivity (Wildman–Crippen MR) is 74.9 cm³/mol. The van der Waals surface area contributed by atoms with E-state index in [9.17, 15) is 4.57 Å². The molecule has 18 heavy (non-hydrogen) atoms. The first kappa shape index (κ1) is 11.6. The number of para-hydroxylation sites is 1. The molecule has 1 atom stereocenters. The molecule has 0 spiro atoms. The maximum atomic E-state index is 13.1. The van der Waals surface area contributed by atoms with Crippen molar-refractivity contribution < 1.29 is 9.09 Å². The van der Waals surface area contributed by atoms with Crippen molar-refractivity contribution in [1.29, 1.82) is 0 Å². The molecule has 0 fully saturated rings. The summed E-state index contributed by atoms with van der Waals surface area (Å²) in [6.45, 7) is 3.90. The minimum atomic E-state index is -2.81. The van der Waals surface area contributed by atoms with Crippen LogP contribution in [0.3, 0.4) is 0 Å². The summed E-state index contributed by atoms with van der Waals surface area (Å²) in [5, 5.41) is 0.846. The Morgan fingerprint density at radius 3 is 2.28 bits per heavy atom. The average molecular weight is 258 g/mol. The molecule has 92 valence electrons. The molecular formula is C15H15O2P. The number of hydrogen-bond donors (Lipinski definition) is 0. The normalized spacial score (nSPS) is 21.1. The summed E-state index contributed by atoms with van der Waals surface area (Å²) in [5.74, 6) is 0.730. The van der Waals surface area contributed by atoms with Gasteiger partial charge in [0.1, 0.15) is 5.75 Å². The Morgan fingerprint density at radius 1 is 0.944 bits per heavy atom. The summed E-state index contributed by atoms with van der Waals surface area (Å²) >= 11 is 0. The van der Waals surface area contributed by atoms with E-state index >= 15 is 0 Å². The van der Waals surface area contributed by atoms with Crippen LogP contribution in [-0.2, 0) is 4.57 Å². The Kier molecular flexibility index (Phi) is 2.57. The van der Waals surface area contributed by atoms with Crippen molar-refractivity contribution in [2.45, 2.75) is 19.5 Å². The lowest BCUT2D eigenvalue weighted by Crippen LogP contribution is -2.22. The van der Waals surface area contributed by atoms with E-state index in [4.69, 9.17) is 4.52 Å². The lowest BCUT2D eigenvalue weighted by Gasteiger charge is -2.30. The zero-order valence-corrected chi connectivity index (χ0v) is 11.4. The minimum absolute atomic E-state index is 0.0213. The van der Waals surface area contributed by atoms with Gasteiger partial charge in [0.05, 0.1) is 5.30 Å². The van der Waals surface area contributed by atoms with Gasteiger partial charge in [0.2, 0.25) is 0 Å². The van der Waals surface area contributed by atoms with Gasteiger partial charge in [-0.1, -0.05) is 50.2 Å². The van der Waals surface area contributed by atoms with Gasteiger partial charge >= 0.3 is 0 Å². The highest BCUT2D eigenvalue weighted by Gasteiger charge is 2.38. The van der Waals surface area contributed by atoms with Crippen molar-refractivity contribution in [2.75, 3.05) is 0 Å². The number of fused-ring (bicyclic) bond motifs is 3. The lowest BCUT2D eigenvalue weighted by atomic mass is 10.0. The molecule has 0 radical (unpaired) electrons. The average Bonchev–Trinajstić information content (AvgIpc) is 2.39. The van der Waals surface area contributed by atoms with E-state index in [1.54, 1.807) is 0 Å². The van der Waals surface area contributed by atoms with Gasteiger partial charge < -0.3 is 4.52 Å². The largest absolute Gasteiger partial charge is 0.439 e. The molecule has 3 rings (SSSR count). The first-order chi connectivity index (χ1) is 8.63. The third-order valence-corrected chi connectivity index (χ3v) is 6.22. The van der Waals surface area contributed by atoms with Crippen molar-refractivity contribution in [2.24, 2.45) is 0 Å². The molecule has 0 saturated carbocycles. The fourth-order valence-electron chi connectivity index (χ4n) is 2.32. The van der Waals surface area contributed by atoms with Crippen LogP contribution in [0.4, 0.5) is 0 Å². The van der Waals surface area contributed by atoms with Crippen LogP contribution in [0.25, 0.3) is 11.1 Å². The zero-order chi connectivity index (χ0) is 12.8. The van der Waals surface area contributed by atoms with Gasteiger partial charge in [-0.15, -0.1) is 0 Å². The summed E-state index contributed by atoms with van der Waals surface area (Å²) in [6, 6.07) is 15.6. The molecule has 0 aromatic heterocycles. The summed E-state index contributed by atoms with van der Waals surface area (Å²) in [5.41, 5.74) is 2.05. The highest BCUT2D eigenvalue weighted by molar-refractivity contribution is 7.68. The van der Waals surface area contributed by atoms with Gasteiger partial charge in [-0.2, -0.15) is 0 Å². The van der Waals surface area contributed by atoms with Crippen molar-refractivity contribution >= 4 is 12.7 Å². The van der Waals surface area contributed by atoms with Crippen molar-refractivity contribution in [3.05, 3.63) is 48.5 Å². The Balaban J connectivity index is 2.33. The van der Waals surface area contributed by atoms with Gasteiger partial charge in [-0.05, 0) is 17.7 Å². The number of benzene rings is 2. The monoisotopic (exact) mass is 258 g/mol. The maximum absolute atomic E-state index is 13.1. The molecule has 2 aromatic carbocycles. The third kappa shape index (κ3) is 1.53. The smallest absolute Gasteiger partial charge is 0.280 e. The van der Waals surface area contributed by atoms with Crippen LogP contribution in [0.1, 0.15) is 13.8 Å². The van der Waals surface area contributed by atoms with Crippen LogP contribution in [0.5, 0.6) is 5.75 Å². The van der Waals surface area contributed by atoms with E-state index in [1.165, 1.54) is 0 Å². The van der Waals surface area contributed by atoms with Crippen molar-refractivity contribution in [3.8, 4) is 16.9 Å². The molecule has 0 saturated heterocycles. The van der Waals surface area contributed by atoms with Crippen LogP contribution in [-0.4, -0.2) is 5.66 Å². The second kappa shape index (κ2) is 4.00. The van der Waals surface area contributed by atoms with Crippen LogP contribution in [0, 0.1) is 0 Å². The number of hydrogen-bond acceptors (Lipinski definition) is 2. The molecule has 3 heteroatoms. The van der Waals surface area contributed by atoms with E-state index in [2.05, 4.69) is 0 Å². The SMILES string of the molecule is CC(C)[P@]1(=O)Oc2ccccc2-c2ccccc21. The fraction of sp³-hybridized carbons (Fsp3) is 0.200. The van der Waals surface area contributed by atoms with E-state index in [0.29, 0.717) is 0 Å². The van der Waals surface area contributed by atoms with Gasteiger partial charge in [-0.3, -0.25) is 4.57 Å². The fourth-order valence-corrected chi connectivity index (χ4v) is 4.46. The lowest BCUT2D eigenvalue weighted by molar-refractivity contribution is 0.482. The molecule has 1 heterocycles. The van der Waals surface area contributed by atoms with Crippen molar-refractivity contribution in [1.82, 2.24) is 0 Å². The highest BCUT2D eigenvalue weighted by Crippen LogP contribution is 2.57.